The van der Waals surface area contributed by atoms with Crippen LogP contribution in [0, 0.1) is 9.39 Å². The second-order valence-electron chi connectivity index (χ2n) is 2.05. The van der Waals surface area contributed by atoms with Crippen molar-refractivity contribution in [1.82, 2.24) is 15.2 Å². The van der Waals surface area contributed by atoms with E-state index in [0.717, 1.165) is 5.39 Å². The lowest BCUT2D eigenvalue weighted by atomic mass is 10.3. The molecular formula is C6H3FIN3. The van der Waals surface area contributed by atoms with E-state index in [1.807, 2.05) is 22.6 Å². The largest absolute Gasteiger partial charge is 0.261 e. The highest BCUT2D eigenvalue weighted by atomic mass is 127. The monoisotopic (exact) mass is 263 g/mol. The van der Waals surface area contributed by atoms with Gasteiger partial charge >= 0.3 is 0 Å². The number of pyridine rings is 1. The lowest BCUT2D eigenvalue weighted by Gasteiger charge is -1.92. The highest BCUT2D eigenvalue weighted by molar-refractivity contribution is 14.1. The van der Waals surface area contributed by atoms with Crippen LogP contribution in [-0.2, 0) is 0 Å². The van der Waals surface area contributed by atoms with Crippen LogP contribution in [0.1, 0.15) is 0 Å². The summed E-state index contributed by atoms with van der Waals surface area (Å²) in [4.78, 5) is 3.80. The molecule has 0 aliphatic heterocycles. The molecule has 2 heterocycles. The predicted molar refractivity (Wildman–Crippen MR) is 46.6 cm³/mol. The van der Waals surface area contributed by atoms with Gasteiger partial charge in [-0.25, -0.2) is 9.37 Å². The summed E-state index contributed by atoms with van der Waals surface area (Å²) < 4.78 is 13.4. The zero-order valence-electron chi connectivity index (χ0n) is 5.31. The number of fused-ring (bicyclic) bond motifs is 1. The number of halogens is 2. The number of rotatable bonds is 0. The van der Waals surface area contributed by atoms with Gasteiger partial charge in [-0.15, -0.1) is 0 Å². The Hall–Kier alpha value is -0.720. The van der Waals surface area contributed by atoms with Crippen LogP contribution in [0.5, 0.6) is 0 Å². The fraction of sp³-hybridized carbons (Fsp3) is 0. The first-order valence-electron chi connectivity index (χ1n) is 2.92. The van der Waals surface area contributed by atoms with Crippen LogP contribution in [0.15, 0.2) is 12.4 Å². The minimum atomic E-state index is -0.306. The Morgan fingerprint density at radius 3 is 3.09 bits per heavy atom. The molecule has 2 rings (SSSR count). The molecule has 0 fully saturated rings. The Kier molecular flexibility index (Phi) is 1.52. The molecule has 11 heavy (non-hydrogen) atoms. The SMILES string of the molecule is Fc1cnc2[nH]ncc2c1I. The van der Waals surface area contributed by atoms with Crippen LogP contribution in [0.2, 0.25) is 0 Å². The standard InChI is InChI=1S/C6H3FIN3/c7-4-2-9-6-3(5(4)8)1-10-11-6/h1-2H,(H,9,10,11). The van der Waals surface area contributed by atoms with Gasteiger partial charge < -0.3 is 0 Å². The normalized spacial score (nSPS) is 10.7. The molecule has 0 aliphatic carbocycles. The van der Waals surface area contributed by atoms with Gasteiger partial charge in [-0.05, 0) is 22.6 Å². The molecule has 3 nitrogen and oxygen atoms in total. The molecule has 0 atom stereocenters. The van der Waals surface area contributed by atoms with Gasteiger partial charge in [0.25, 0.3) is 0 Å². The Bertz CT molecular complexity index is 398. The summed E-state index contributed by atoms with van der Waals surface area (Å²) in [5.74, 6) is -0.306. The first-order valence-corrected chi connectivity index (χ1v) is 4.00. The molecule has 5 heteroatoms. The van der Waals surface area contributed by atoms with E-state index in [1.165, 1.54) is 6.20 Å². The molecule has 0 bridgehead atoms. The van der Waals surface area contributed by atoms with Crippen LogP contribution < -0.4 is 0 Å². The van der Waals surface area contributed by atoms with Gasteiger partial charge in [0, 0.05) is 0 Å². The molecular weight excluding hydrogens is 260 g/mol. The van der Waals surface area contributed by atoms with Crippen molar-refractivity contribution in [3.63, 3.8) is 0 Å². The van der Waals surface area contributed by atoms with Crippen LogP contribution in [0.4, 0.5) is 4.39 Å². The van der Waals surface area contributed by atoms with E-state index in [-0.39, 0.29) is 5.82 Å². The second kappa shape index (κ2) is 2.40. The molecule has 0 saturated carbocycles. The van der Waals surface area contributed by atoms with Gasteiger partial charge in [0.05, 0.1) is 21.4 Å². The van der Waals surface area contributed by atoms with E-state index < -0.39 is 0 Å². The molecule has 0 amide bonds. The summed E-state index contributed by atoms with van der Waals surface area (Å²) in [6.45, 7) is 0. The maximum Gasteiger partial charge on any atom is 0.156 e. The lowest BCUT2D eigenvalue weighted by molar-refractivity contribution is 0.617. The third-order valence-electron chi connectivity index (χ3n) is 1.37. The maximum absolute atomic E-state index is 12.8. The summed E-state index contributed by atoms with van der Waals surface area (Å²) >= 11 is 1.92. The van der Waals surface area contributed by atoms with Crippen molar-refractivity contribution in [3.8, 4) is 0 Å². The fourth-order valence-electron chi connectivity index (χ4n) is 0.845. The molecule has 0 aromatic carbocycles. The van der Waals surface area contributed by atoms with E-state index in [0.29, 0.717) is 9.22 Å². The van der Waals surface area contributed by atoms with Crippen molar-refractivity contribution < 1.29 is 4.39 Å². The number of H-pyrrole nitrogens is 1. The summed E-state index contributed by atoms with van der Waals surface area (Å²) in [6, 6.07) is 0. The van der Waals surface area contributed by atoms with Crippen LogP contribution in [0.3, 0.4) is 0 Å². The lowest BCUT2D eigenvalue weighted by Crippen LogP contribution is -1.85. The Labute approximate surface area is 75.2 Å². The van der Waals surface area contributed by atoms with Crippen molar-refractivity contribution in [2.24, 2.45) is 0 Å². The first-order chi connectivity index (χ1) is 5.29. The predicted octanol–water partition coefficient (Wildman–Crippen LogP) is 1.70. The van der Waals surface area contributed by atoms with Crippen LogP contribution in [0.25, 0.3) is 11.0 Å². The molecule has 1 N–H and O–H groups in total. The van der Waals surface area contributed by atoms with E-state index in [4.69, 9.17) is 0 Å². The van der Waals surface area contributed by atoms with Crippen molar-refractivity contribution in [2.45, 2.75) is 0 Å². The molecule has 0 spiro atoms. The third kappa shape index (κ3) is 0.991. The summed E-state index contributed by atoms with van der Waals surface area (Å²) in [5.41, 5.74) is 0.621. The zero-order valence-corrected chi connectivity index (χ0v) is 7.46. The van der Waals surface area contributed by atoms with Gasteiger partial charge in [0.15, 0.2) is 11.5 Å². The Balaban J connectivity index is 2.93. The summed E-state index contributed by atoms with van der Waals surface area (Å²) in [7, 11) is 0. The third-order valence-corrected chi connectivity index (χ3v) is 2.47. The molecule has 2 aromatic rings. The molecule has 0 unspecified atom stereocenters. The van der Waals surface area contributed by atoms with Gasteiger partial charge in [-0.1, -0.05) is 0 Å². The molecule has 0 aliphatic rings. The fourth-order valence-corrected chi connectivity index (χ4v) is 1.38. The van der Waals surface area contributed by atoms with Gasteiger partial charge in [0.2, 0.25) is 0 Å². The van der Waals surface area contributed by atoms with E-state index in [2.05, 4.69) is 15.2 Å². The number of hydrogen-bond donors (Lipinski definition) is 1. The number of aromatic amines is 1. The minimum absolute atomic E-state index is 0.306. The zero-order chi connectivity index (χ0) is 7.84. The smallest absolute Gasteiger partial charge is 0.156 e. The number of nitrogens with one attached hydrogen (secondary N) is 1. The van der Waals surface area contributed by atoms with Crippen LogP contribution in [-0.4, -0.2) is 15.2 Å². The molecule has 56 valence electrons. The summed E-state index contributed by atoms with van der Waals surface area (Å²) in [5, 5.41) is 7.13. The first kappa shape index (κ1) is 6.96. The average Bonchev–Trinajstić information content (AvgIpc) is 2.45. The topological polar surface area (TPSA) is 41.6 Å². The van der Waals surface area contributed by atoms with E-state index >= 15 is 0 Å². The second-order valence-corrected chi connectivity index (χ2v) is 3.13. The van der Waals surface area contributed by atoms with Crippen LogP contribution >= 0.6 is 22.6 Å². The molecule has 0 radical (unpaired) electrons. The van der Waals surface area contributed by atoms with E-state index in [1.54, 1.807) is 6.20 Å². The number of hydrogen-bond acceptors (Lipinski definition) is 2. The van der Waals surface area contributed by atoms with E-state index in [9.17, 15) is 4.39 Å². The number of aromatic nitrogens is 3. The van der Waals surface area contributed by atoms with Crippen molar-refractivity contribution in [1.29, 1.82) is 0 Å². The average molecular weight is 263 g/mol. The van der Waals surface area contributed by atoms with Gasteiger partial charge in [-0.2, -0.15) is 5.10 Å². The van der Waals surface area contributed by atoms with Crippen molar-refractivity contribution in [2.75, 3.05) is 0 Å². The Morgan fingerprint density at radius 1 is 1.45 bits per heavy atom. The number of nitrogens with zero attached hydrogens (tertiary/aromatic N) is 2. The highest BCUT2D eigenvalue weighted by Gasteiger charge is 2.05. The van der Waals surface area contributed by atoms with Crippen molar-refractivity contribution >= 4 is 33.6 Å². The molecule has 2 aromatic heterocycles. The minimum Gasteiger partial charge on any atom is -0.261 e. The quantitative estimate of drug-likeness (QED) is 0.735. The maximum atomic E-state index is 12.8. The van der Waals surface area contributed by atoms with Crippen molar-refractivity contribution in [3.05, 3.63) is 21.8 Å². The van der Waals surface area contributed by atoms with Gasteiger partial charge in [-0.3, -0.25) is 5.10 Å². The molecule has 0 saturated heterocycles. The highest BCUT2D eigenvalue weighted by Crippen LogP contribution is 2.18. The Morgan fingerprint density at radius 2 is 2.27 bits per heavy atom. The summed E-state index contributed by atoms with van der Waals surface area (Å²) in [6.07, 6.45) is 2.75. The van der Waals surface area contributed by atoms with Gasteiger partial charge in [0.1, 0.15) is 0 Å².